The van der Waals surface area contributed by atoms with Crippen LogP contribution in [0.4, 0.5) is 5.82 Å². The number of hydrogen-bond donors (Lipinski definition) is 2. The largest absolute Gasteiger partial charge is 0.497 e. The van der Waals surface area contributed by atoms with E-state index in [9.17, 15) is 14.4 Å². The lowest BCUT2D eigenvalue weighted by atomic mass is 10.2. The molecular formula is C19H24N4O5. The highest BCUT2D eigenvalue weighted by Gasteiger charge is 2.20. The average molecular weight is 388 g/mol. The topological polar surface area (TPSA) is 112 Å². The van der Waals surface area contributed by atoms with Crippen molar-refractivity contribution < 1.29 is 23.9 Å². The minimum Gasteiger partial charge on any atom is -0.497 e. The van der Waals surface area contributed by atoms with Crippen LogP contribution >= 0.6 is 0 Å². The van der Waals surface area contributed by atoms with Gasteiger partial charge in [0.15, 0.2) is 6.10 Å². The zero-order chi connectivity index (χ0) is 20.7. The molecule has 1 aromatic carbocycles. The quantitative estimate of drug-likeness (QED) is 0.667. The zero-order valence-corrected chi connectivity index (χ0v) is 16.3. The number of hydrogen-bond acceptors (Lipinski definition) is 6. The SMILES string of the molecule is COc1ccc(C(=O)NCC(=O)O[C@H](C)C(=O)Nc2ccnn2C(C)C)cc1. The second-order valence-corrected chi connectivity index (χ2v) is 6.29. The van der Waals surface area contributed by atoms with Crippen LogP contribution in [-0.2, 0) is 14.3 Å². The lowest BCUT2D eigenvalue weighted by Crippen LogP contribution is -2.36. The maximum Gasteiger partial charge on any atom is 0.326 e. The molecule has 2 N–H and O–H groups in total. The van der Waals surface area contributed by atoms with Crippen LogP contribution in [0.25, 0.3) is 0 Å². The Labute approximate surface area is 163 Å². The number of aromatic nitrogens is 2. The van der Waals surface area contributed by atoms with Crippen molar-refractivity contribution in [3.05, 3.63) is 42.1 Å². The second kappa shape index (κ2) is 9.54. The molecule has 9 heteroatoms. The van der Waals surface area contributed by atoms with Crippen LogP contribution in [0.15, 0.2) is 36.5 Å². The van der Waals surface area contributed by atoms with Gasteiger partial charge in [-0.15, -0.1) is 0 Å². The Hall–Kier alpha value is -3.36. The molecule has 2 rings (SSSR count). The van der Waals surface area contributed by atoms with Gasteiger partial charge in [0.05, 0.1) is 13.3 Å². The first kappa shape index (κ1) is 20.9. The molecule has 0 aliphatic rings. The van der Waals surface area contributed by atoms with E-state index in [1.165, 1.54) is 14.0 Å². The minimum absolute atomic E-state index is 0.0660. The fraction of sp³-hybridized carbons (Fsp3) is 0.368. The summed E-state index contributed by atoms with van der Waals surface area (Å²) in [7, 11) is 1.53. The van der Waals surface area contributed by atoms with Gasteiger partial charge in [-0.25, -0.2) is 4.68 Å². The van der Waals surface area contributed by atoms with Gasteiger partial charge in [-0.1, -0.05) is 0 Å². The standard InChI is InChI=1S/C19H24N4O5/c1-12(2)23-16(9-10-21-23)22-18(25)13(3)28-17(24)11-20-19(26)14-5-7-15(27-4)8-6-14/h5-10,12-13H,11H2,1-4H3,(H,20,26)(H,22,25)/t13-/m1/s1. The Morgan fingerprint density at radius 2 is 1.79 bits per heavy atom. The predicted octanol–water partition coefficient (Wildman–Crippen LogP) is 1.77. The van der Waals surface area contributed by atoms with E-state index >= 15 is 0 Å². The lowest BCUT2D eigenvalue weighted by Gasteiger charge is -2.16. The third-order valence-corrected chi connectivity index (χ3v) is 3.83. The van der Waals surface area contributed by atoms with Crippen molar-refractivity contribution in [2.75, 3.05) is 19.0 Å². The average Bonchev–Trinajstić information content (AvgIpc) is 3.14. The number of methoxy groups -OCH3 is 1. The summed E-state index contributed by atoms with van der Waals surface area (Å²) in [5.41, 5.74) is 0.376. The first-order valence-corrected chi connectivity index (χ1v) is 8.78. The molecule has 0 bridgehead atoms. The molecule has 28 heavy (non-hydrogen) atoms. The first-order chi connectivity index (χ1) is 13.3. The van der Waals surface area contributed by atoms with Gasteiger partial charge in [-0.05, 0) is 45.0 Å². The number of rotatable bonds is 8. The first-order valence-electron chi connectivity index (χ1n) is 8.78. The van der Waals surface area contributed by atoms with Crippen LogP contribution in [0.3, 0.4) is 0 Å². The summed E-state index contributed by atoms with van der Waals surface area (Å²) in [6.45, 7) is 4.95. The molecule has 9 nitrogen and oxygen atoms in total. The van der Waals surface area contributed by atoms with E-state index in [-0.39, 0.29) is 12.6 Å². The Morgan fingerprint density at radius 1 is 1.11 bits per heavy atom. The molecule has 2 aromatic rings. The molecule has 0 fully saturated rings. The maximum atomic E-state index is 12.2. The molecule has 0 aliphatic heterocycles. The van der Waals surface area contributed by atoms with Gasteiger partial charge in [-0.3, -0.25) is 14.4 Å². The van der Waals surface area contributed by atoms with Crippen LogP contribution in [0.1, 0.15) is 37.2 Å². The van der Waals surface area contributed by atoms with Gasteiger partial charge in [0.2, 0.25) is 0 Å². The summed E-state index contributed by atoms with van der Waals surface area (Å²) in [6, 6.07) is 8.15. The Bertz CT molecular complexity index is 829. The summed E-state index contributed by atoms with van der Waals surface area (Å²) in [5, 5.41) is 9.23. The number of ether oxygens (including phenoxy) is 2. The number of carbonyl (C=O) groups excluding carboxylic acids is 3. The summed E-state index contributed by atoms with van der Waals surface area (Å²) < 4.78 is 11.7. The molecule has 0 saturated carbocycles. The summed E-state index contributed by atoms with van der Waals surface area (Å²) in [4.78, 5) is 36.2. The van der Waals surface area contributed by atoms with Gasteiger partial charge in [-0.2, -0.15) is 5.10 Å². The molecule has 0 unspecified atom stereocenters. The summed E-state index contributed by atoms with van der Waals surface area (Å²) in [5.74, 6) is -0.512. The van der Waals surface area contributed by atoms with E-state index in [1.807, 2.05) is 13.8 Å². The van der Waals surface area contributed by atoms with E-state index < -0.39 is 23.9 Å². The fourth-order valence-corrected chi connectivity index (χ4v) is 2.34. The Balaban J connectivity index is 1.81. The zero-order valence-electron chi connectivity index (χ0n) is 16.3. The van der Waals surface area contributed by atoms with E-state index in [4.69, 9.17) is 9.47 Å². The molecule has 0 radical (unpaired) electrons. The molecular weight excluding hydrogens is 364 g/mol. The number of benzene rings is 1. The van der Waals surface area contributed by atoms with Crippen molar-refractivity contribution in [3.8, 4) is 5.75 Å². The van der Waals surface area contributed by atoms with E-state index in [1.54, 1.807) is 41.2 Å². The number of carbonyl (C=O) groups is 3. The summed E-state index contributed by atoms with van der Waals surface area (Å²) >= 11 is 0. The number of esters is 1. The van der Waals surface area contributed by atoms with E-state index in [0.717, 1.165) is 0 Å². The van der Waals surface area contributed by atoms with Gasteiger partial charge in [0, 0.05) is 17.7 Å². The van der Waals surface area contributed by atoms with Crippen LogP contribution < -0.4 is 15.4 Å². The molecule has 0 spiro atoms. The molecule has 1 atom stereocenters. The molecule has 0 saturated heterocycles. The fourth-order valence-electron chi connectivity index (χ4n) is 2.34. The third-order valence-electron chi connectivity index (χ3n) is 3.83. The monoisotopic (exact) mass is 388 g/mol. The van der Waals surface area contributed by atoms with Crippen LogP contribution in [-0.4, -0.2) is 47.3 Å². The van der Waals surface area contributed by atoms with Gasteiger partial charge >= 0.3 is 5.97 Å². The van der Waals surface area contributed by atoms with Crippen LogP contribution in [0.2, 0.25) is 0 Å². The highest BCUT2D eigenvalue weighted by atomic mass is 16.5. The van der Waals surface area contributed by atoms with Crippen LogP contribution in [0.5, 0.6) is 5.75 Å². The number of anilines is 1. The lowest BCUT2D eigenvalue weighted by molar-refractivity contribution is -0.152. The van der Waals surface area contributed by atoms with Crippen LogP contribution in [0, 0.1) is 0 Å². The Kier molecular flexibility index (Phi) is 7.14. The van der Waals surface area contributed by atoms with Gasteiger partial charge in [0.25, 0.3) is 11.8 Å². The van der Waals surface area contributed by atoms with Gasteiger partial charge in [0.1, 0.15) is 18.1 Å². The van der Waals surface area contributed by atoms with Crippen molar-refractivity contribution in [2.45, 2.75) is 32.9 Å². The molecule has 150 valence electrons. The Morgan fingerprint density at radius 3 is 2.39 bits per heavy atom. The smallest absolute Gasteiger partial charge is 0.326 e. The number of amides is 2. The van der Waals surface area contributed by atoms with Gasteiger partial charge < -0.3 is 20.1 Å². The highest BCUT2D eigenvalue weighted by molar-refractivity contribution is 5.97. The van der Waals surface area contributed by atoms with Crippen molar-refractivity contribution in [2.24, 2.45) is 0 Å². The number of nitrogens with zero attached hydrogens (tertiary/aromatic N) is 2. The highest BCUT2D eigenvalue weighted by Crippen LogP contribution is 2.14. The molecule has 1 aromatic heterocycles. The molecule has 0 aliphatic carbocycles. The maximum absolute atomic E-state index is 12.2. The summed E-state index contributed by atoms with van der Waals surface area (Å²) in [6.07, 6.45) is 0.543. The van der Waals surface area contributed by atoms with E-state index in [0.29, 0.717) is 17.1 Å². The predicted molar refractivity (Wildman–Crippen MR) is 102 cm³/mol. The normalized spacial score (nSPS) is 11.6. The molecule has 2 amide bonds. The van der Waals surface area contributed by atoms with Crippen molar-refractivity contribution in [3.63, 3.8) is 0 Å². The molecule has 1 heterocycles. The van der Waals surface area contributed by atoms with Crippen molar-refractivity contribution in [1.82, 2.24) is 15.1 Å². The van der Waals surface area contributed by atoms with Crippen molar-refractivity contribution in [1.29, 1.82) is 0 Å². The van der Waals surface area contributed by atoms with E-state index in [2.05, 4.69) is 15.7 Å². The number of nitrogens with one attached hydrogen (secondary N) is 2. The van der Waals surface area contributed by atoms with Crippen molar-refractivity contribution >= 4 is 23.6 Å². The minimum atomic E-state index is -1.03. The third kappa shape index (κ3) is 5.57. The second-order valence-electron chi connectivity index (χ2n) is 6.29.